The van der Waals surface area contributed by atoms with Crippen LogP contribution in [0.5, 0.6) is 0 Å². The first kappa shape index (κ1) is 15.0. The summed E-state index contributed by atoms with van der Waals surface area (Å²) in [6.45, 7) is 6.39. The van der Waals surface area contributed by atoms with Crippen LogP contribution in [-0.4, -0.2) is 22.5 Å². The normalized spacial score (nSPS) is 12.8. The number of aromatic nitrogens is 2. The molecule has 5 heteroatoms. The Morgan fingerprint density at radius 2 is 2.20 bits per heavy atom. The maximum atomic E-state index is 12.1. The average Bonchev–Trinajstić information content (AvgIpc) is 2.78. The van der Waals surface area contributed by atoms with Crippen molar-refractivity contribution in [1.82, 2.24) is 9.97 Å². The first-order valence-electron chi connectivity index (χ1n) is 6.83. The Bertz CT molecular complexity index is 607. The Hall–Kier alpha value is -1.36. The van der Waals surface area contributed by atoms with Gasteiger partial charge in [0.1, 0.15) is 11.7 Å². The van der Waals surface area contributed by atoms with Crippen molar-refractivity contribution in [1.29, 1.82) is 0 Å². The maximum Gasteiger partial charge on any atom is 0.316 e. The smallest absolute Gasteiger partial charge is 0.316 e. The SMILES string of the molecule is CCOC(=O)C(CC(C)C)c1nc2ccc(Br)cc2[nH]1. The molecule has 0 aliphatic rings. The van der Waals surface area contributed by atoms with Crippen LogP contribution in [0.25, 0.3) is 11.0 Å². The number of benzene rings is 1. The van der Waals surface area contributed by atoms with Crippen molar-refractivity contribution in [2.45, 2.75) is 33.1 Å². The number of halogens is 1. The summed E-state index contributed by atoms with van der Waals surface area (Å²) < 4.78 is 6.15. The number of rotatable bonds is 5. The second kappa shape index (κ2) is 6.39. The molecule has 20 heavy (non-hydrogen) atoms. The van der Waals surface area contributed by atoms with Crippen LogP contribution < -0.4 is 0 Å². The number of fused-ring (bicyclic) bond motifs is 1. The zero-order valence-corrected chi connectivity index (χ0v) is 13.5. The second-order valence-electron chi connectivity index (χ2n) is 5.22. The molecule has 1 N–H and O–H groups in total. The molecule has 0 bridgehead atoms. The van der Waals surface area contributed by atoms with E-state index in [1.165, 1.54) is 0 Å². The lowest BCUT2D eigenvalue weighted by molar-refractivity contribution is -0.145. The summed E-state index contributed by atoms with van der Waals surface area (Å²) in [6, 6.07) is 5.83. The Morgan fingerprint density at radius 1 is 1.45 bits per heavy atom. The molecule has 0 saturated heterocycles. The van der Waals surface area contributed by atoms with Crippen LogP contribution in [0.15, 0.2) is 22.7 Å². The summed E-state index contributed by atoms with van der Waals surface area (Å²) in [7, 11) is 0. The third-order valence-corrected chi connectivity index (χ3v) is 3.56. The standard InChI is InChI=1S/C15H19BrN2O2/c1-4-20-15(19)11(7-9(2)3)14-17-12-6-5-10(16)8-13(12)18-14/h5-6,8-9,11H,4,7H2,1-3H3,(H,17,18). The van der Waals surface area contributed by atoms with E-state index in [2.05, 4.69) is 39.7 Å². The summed E-state index contributed by atoms with van der Waals surface area (Å²) in [5, 5.41) is 0. The second-order valence-corrected chi connectivity index (χ2v) is 6.13. The number of hydrogen-bond donors (Lipinski definition) is 1. The molecule has 1 unspecified atom stereocenters. The fourth-order valence-corrected chi connectivity index (χ4v) is 2.56. The highest BCUT2D eigenvalue weighted by Gasteiger charge is 2.26. The quantitative estimate of drug-likeness (QED) is 0.837. The zero-order chi connectivity index (χ0) is 14.7. The van der Waals surface area contributed by atoms with E-state index < -0.39 is 0 Å². The topological polar surface area (TPSA) is 55.0 Å². The molecule has 0 aliphatic heterocycles. The van der Waals surface area contributed by atoms with Crippen molar-refractivity contribution in [3.63, 3.8) is 0 Å². The van der Waals surface area contributed by atoms with Gasteiger partial charge in [-0.3, -0.25) is 4.79 Å². The number of nitrogens with zero attached hydrogens (tertiary/aromatic N) is 1. The van der Waals surface area contributed by atoms with Gasteiger partial charge in [-0.25, -0.2) is 4.98 Å². The third kappa shape index (κ3) is 3.39. The number of imidazole rings is 1. The van der Waals surface area contributed by atoms with Gasteiger partial charge in [-0.05, 0) is 37.5 Å². The van der Waals surface area contributed by atoms with Gasteiger partial charge in [-0.1, -0.05) is 29.8 Å². The van der Waals surface area contributed by atoms with E-state index in [9.17, 15) is 4.79 Å². The minimum absolute atomic E-state index is 0.209. The molecule has 4 nitrogen and oxygen atoms in total. The van der Waals surface area contributed by atoms with E-state index in [1.807, 2.05) is 25.1 Å². The lowest BCUT2D eigenvalue weighted by atomic mass is 9.96. The number of carbonyl (C=O) groups is 1. The maximum absolute atomic E-state index is 12.1. The molecule has 2 aromatic rings. The van der Waals surface area contributed by atoms with Crippen molar-refractivity contribution >= 4 is 32.9 Å². The van der Waals surface area contributed by atoms with E-state index in [1.54, 1.807) is 0 Å². The molecule has 0 aliphatic carbocycles. The molecule has 2 rings (SSSR count). The van der Waals surface area contributed by atoms with Crippen LogP contribution in [0.4, 0.5) is 0 Å². The van der Waals surface area contributed by atoms with Crippen molar-refractivity contribution in [2.24, 2.45) is 5.92 Å². The minimum Gasteiger partial charge on any atom is -0.465 e. The van der Waals surface area contributed by atoms with Gasteiger partial charge >= 0.3 is 5.97 Å². The van der Waals surface area contributed by atoms with E-state index in [4.69, 9.17) is 4.74 Å². The van der Waals surface area contributed by atoms with Crippen LogP contribution in [0, 0.1) is 5.92 Å². The highest BCUT2D eigenvalue weighted by atomic mass is 79.9. The molecule has 0 fully saturated rings. The molecule has 1 aromatic heterocycles. The summed E-state index contributed by atoms with van der Waals surface area (Å²) in [5.74, 6) is 0.537. The summed E-state index contributed by atoms with van der Waals surface area (Å²) in [5.41, 5.74) is 1.79. The van der Waals surface area contributed by atoms with Gasteiger partial charge in [0.05, 0.1) is 17.6 Å². The van der Waals surface area contributed by atoms with E-state index in [0.717, 1.165) is 21.9 Å². The lowest BCUT2D eigenvalue weighted by Crippen LogP contribution is -2.19. The van der Waals surface area contributed by atoms with Gasteiger partial charge in [0.2, 0.25) is 0 Å². The molecule has 0 saturated carbocycles. The van der Waals surface area contributed by atoms with E-state index in [0.29, 0.717) is 18.3 Å². The van der Waals surface area contributed by atoms with Gasteiger partial charge < -0.3 is 9.72 Å². The molecular formula is C15H19BrN2O2. The Labute approximate surface area is 127 Å². The van der Waals surface area contributed by atoms with Gasteiger partial charge in [0.15, 0.2) is 0 Å². The van der Waals surface area contributed by atoms with Gasteiger partial charge in [0, 0.05) is 4.47 Å². The number of esters is 1. The van der Waals surface area contributed by atoms with E-state index >= 15 is 0 Å². The monoisotopic (exact) mass is 338 g/mol. The van der Waals surface area contributed by atoms with Crippen LogP contribution in [0.1, 0.15) is 38.9 Å². The first-order valence-corrected chi connectivity index (χ1v) is 7.62. The molecular weight excluding hydrogens is 320 g/mol. The third-order valence-electron chi connectivity index (χ3n) is 3.07. The Balaban J connectivity index is 2.36. The number of nitrogens with one attached hydrogen (secondary N) is 1. The summed E-state index contributed by atoms with van der Waals surface area (Å²) in [4.78, 5) is 19.9. The van der Waals surface area contributed by atoms with Crippen molar-refractivity contribution < 1.29 is 9.53 Å². The summed E-state index contributed by atoms with van der Waals surface area (Å²) >= 11 is 3.43. The van der Waals surface area contributed by atoms with Crippen molar-refractivity contribution in [3.05, 3.63) is 28.5 Å². The van der Waals surface area contributed by atoms with Crippen LogP contribution in [0.2, 0.25) is 0 Å². The van der Waals surface area contributed by atoms with Gasteiger partial charge in [-0.15, -0.1) is 0 Å². The zero-order valence-electron chi connectivity index (χ0n) is 11.9. The fourth-order valence-electron chi connectivity index (χ4n) is 2.20. The lowest BCUT2D eigenvalue weighted by Gasteiger charge is -2.15. The fraction of sp³-hybridized carbons (Fsp3) is 0.467. The van der Waals surface area contributed by atoms with Crippen LogP contribution >= 0.6 is 15.9 Å². The van der Waals surface area contributed by atoms with Crippen molar-refractivity contribution in [2.75, 3.05) is 6.61 Å². The number of ether oxygens (including phenoxy) is 1. The molecule has 1 atom stereocenters. The van der Waals surface area contributed by atoms with Crippen LogP contribution in [0.3, 0.4) is 0 Å². The molecule has 1 heterocycles. The first-order chi connectivity index (χ1) is 9.51. The highest BCUT2D eigenvalue weighted by Crippen LogP contribution is 2.26. The Kier molecular flexibility index (Phi) is 4.81. The highest BCUT2D eigenvalue weighted by molar-refractivity contribution is 9.10. The number of hydrogen-bond acceptors (Lipinski definition) is 3. The molecule has 1 aromatic carbocycles. The predicted molar refractivity (Wildman–Crippen MR) is 82.6 cm³/mol. The molecule has 0 spiro atoms. The molecule has 0 amide bonds. The minimum atomic E-state index is -0.332. The number of carbonyl (C=O) groups excluding carboxylic acids is 1. The van der Waals surface area contributed by atoms with Gasteiger partial charge in [0.25, 0.3) is 0 Å². The molecule has 0 radical (unpaired) electrons. The number of H-pyrrole nitrogens is 1. The molecule has 108 valence electrons. The number of aromatic amines is 1. The van der Waals surface area contributed by atoms with E-state index in [-0.39, 0.29) is 11.9 Å². The van der Waals surface area contributed by atoms with Crippen LogP contribution in [-0.2, 0) is 9.53 Å². The predicted octanol–water partition coefficient (Wildman–Crippen LogP) is 4.02. The summed E-state index contributed by atoms with van der Waals surface area (Å²) in [6.07, 6.45) is 0.722. The van der Waals surface area contributed by atoms with Crippen molar-refractivity contribution in [3.8, 4) is 0 Å². The average molecular weight is 339 g/mol. The van der Waals surface area contributed by atoms with Gasteiger partial charge in [-0.2, -0.15) is 0 Å². The Morgan fingerprint density at radius 3 is 2.85 bits per heavy atom. The largest absolute Gasteiger partial charge is 0.465 e.